The summed E-state index contributed by atoms with van der Waals surface area (Å²) in [4.78, 5) is 14.7. The van der Waals surface area contributed by atoms with Crippen LogP contribution in [0.25, 0.3) is 0 Å². The molecule has 0 bridgehead atoms. The van der Waals surface area contributed by atoms with Gasteiger partial charge in [0.25, 0.3) is 5.91 Å². The number of anilines is 2. The number of carbonyl (C=O) groups is 1. The van der Waals surface area contributed by atoms with Crippen LogP contribution in [0.15, 0.2) is 42.5 Å². The van der Waals surface area contributed by atoms with Crippen molar-refractivity contribution in [3.05, 3.63) is 59.2 Å². The molecule has 0 radical (unpaired) electrons. The minimum atomic E-state index is 0.0555. The zero-order valence-electron chi connectivity index (χ0n) is 11.8. The minimum absolute atomic E-state index is 0.0555. The first-order valence-electron chi connectivity index (χ1n) is 6.85. The number of para-hydroxylation sites is 1. The molecular formula is C17H18N2O. The molecule has 102 valence electrons. The molecular weight excluding hydrogens is 248 g/mol. The van der Waals surface area contributed by atoms with Crippen LogP contribution in [0, 0.1) is 6.92 Å². The molecule has 2 aromatic carbocycles. The van der Waals surface area contributed by atoms with Crippen LogP contribution in [0.3, 0.4) is 0 Å². The van der Waals surface area contributed by atoms with Gasteiger partial charge in [0.1, 0.15) is 0 Å². The van der Waals surface area contributed by atoms with Crippen molar-refractivity contribution in [1.82, 2.24) is 0 Å². The average molecular weight is 266 g/mol. The standard InChI is InChI=1S/C17H18N2O/c1-11-9-14(18)7-8-15(11)17(20)19-12(2)10-13-5-3-4-6-16(13)19/h3-9,12H,10,18H2,1-2H3. The highest BCUT2D eigenvalue weighted by atomic mass is 16.2. The maximum atomic E-state index is 12.8. The van der Waals surface area contributed by atoms with Crippen molar-refractivity contribution in [2.45, 2.75) is 26.3 Å². The zero-order valence-corrected chi connectivity index (χ0v) is 11.8. The summed E-state index contributed by atoms with van der Waals surface area (Å²) in [5, 5.41) is 0. The van der Waals surface area contributed by atoms with E-state index in [0.29, 0.717) is 5.69 Å². The van der Waals surface area contributed by atoms with Gasteiger partial charge in [0.05, 0.1) is 0 Å². The Morgan fingerprint density at radius 3 is 2.75 bits per heavy atom. The molecule has 2 aromatic rings. The molecule has 3 heteroatoms. The van der Waals surface area contributed by atoms with Crippen LogP contribution in [0.1, 0.15) is 28.4 Å². The molecule has 20 heavy (non-hydrogen) atoms. The quantitative estimate of drug-likeness (QED) is 0.806. The lowest BCUT2D eigenvalue weighted by molar-refractivity contribution is 0.0981. The molecule has 0 spiro atoms. The second kappa shape index (κ2) is 4.67. The summed E-state index contributed by atoms with van der Waals surface area (Å²) < 4.78 is 0. The molecule has 3 rings (SSSR count). The lowest BCUT2D eigenvalue weighted by Crippen LogP contribution is -2.36. The molecule has 3 nitrogen and oxygen atoms in total. The topological polar surface area (TPSA) is 46.3 Å². The lowest BCUT2D eigenvalue weighted by Gasteiger charge is -2.23. The molecule has 0 aromatic heterocycles. The van der Waals surface area contributed by atoms with E-state index in [1.807, 2.05) is 42.2 Å². The molecule has 0 aliphatic carbocycles. The van der Waals surface area contributed by atoms with E-state index >= 15 is 0 Å². The Morgan fingerprint density at radius 2 is 2.00 bits per heavy atom. The van der Waals surface area contributed by atoms with E-state index in [1.165, 1.54) is 5.56 Å². The number of benzene rings is 2. The Morgan fingerprint density at radius 1 is 1.25 bits per heavy atom. The zero-order chi connectivity index (χ0) is 14.3. The number of fused-ring (bicyclic) bond motifs is 1. The highest BCUT2D eigenvalue weighted by Crippen LogP contribution is 2.33. The van der Waals surface area contributed by atoms with Gasteiger partial charge >= 0.3 is 0 Å². The summed E-state index contributed by atoms with van der Waals surface area (Å²) in [5.74, 6) is 0.0555. The summed E-state index contributed by atoms with van der Waals surface area (Å²) >= 11 is 0. The van der Waals surface area contributed by atoms with Crippen LogP contribution in [0.2, 0.25) is 0 Å². The van der Waals surface area contributed by atoms with Crippen molar-refractivity contribution >= 4 is 17.3 Å². The summed E-state index contributed by atoms with van der Waals surface area (Å²) in [6.45, 7) is 4.01. The van der Waals surface area contributed by atoms with Gasteiger partial charge in [0.2, 0.25) is 0 Å². The van der Waals surface area contributed by atoms with Gasteiger partial charge in [0.15, 0.2) is 0 Å². The van der Waals surface area contributed by atoms with E-state index in [0.717, 1.165) is 23.2 Å². The van der Waals surface area contributed by atoms with Crippen molar-refractivity contribution in [1.29, 1.82) is 0 Å². The molecule has 0 saturated heterocycles. The smallest absolute Gasteiger partial charge is 0.258 e. The summed E-state index contributed by atoms with van der Waals surface area (Å²) in [6.07, 6.45) is 0.913. The van der Waals surface area contributed by atoms with Crippen LogP contribution >= 0.6 is 0 Å². The van der Waals surface area contributed by atoms with Crippen molar-refractivity contribution in [3.8, 4) is 0 Å². The predicted molar refractivity (Wildman–Crippen MR) is 82.0 cm³/mol. The molecule has 1 unspecified atom stereocenters. The largest absolute Gasteiger partial charge is 0.399 e. The highest BCUT2D eigenvalue weighted by molar-refractivity contribution is 6.08. The Hall–Kier alpha value is -2.29. The first kappa shape index (κ1) is 12.7. The number of hydrogen-bond acceptors (Lipinski definition) is 2. The third-order valence-corrected chi connectivity index (χ3v) is 3.91. The number of aryl methyl sites for hydroxylation is 1. The maximum Gasteiger partial charge on any atom is 0.258 e. The normalized spacial score (nSPS) is 17.1. The van der Waals surface area contributed by atoms with Crippen molar-refractivity contribution in [3.63, 3.8) is 0 Å². The van der Waals surface area contributed by atoms with Gasteiger partial charge in [-0.1, -0.05) is 18.2 Å². The molecule has 2 N–H and O–H groups in total. The molecule has 1 atom stereocenters. The van der Waals surface area contributed by atoms with E-state index in [4.69, 9.17) is 5.73 Å². The summed E-state index contributed by atoms with van der Waals surface area (Å²) in [7, 11) is 0. The van der Waals surface area contributed by atoms with Crippen LogP contribution in [0.4, 0.5) is 11.4 Å². The molecule has 1 heterocycles. The lowest BCUT2D eigenvalue weighted by atomic mass is 10.1. The average Bonchev–Trinajstić information content (AvgIpc) is 2.73. The van der Waals surface area contributed by atoms with Crippen LogP contribution < -0.4 is 10.6 Å². The molecule has 1 amide bonds. The van der Waals surface area contributed by atoms with E-state index in [2.05, 4.69) is 13.0 Å². The molecule has 1 aliphatic heterocycles. The SMILES string of the molecule is Cc1cc(N)ccc1C(=O)N1c2ccccc2CC1C. The van der Waals surface area contributed by atoms with E-state index in [9.17, 15) is 4.79 Å². The molecule has 0 fully saturated rings. The second-order valence-corrected chi connectivity index (χ2v) is 5.43. The van der Waals surface area contributed by atoms with Crippen LogP contribution in [0.5, 0.6) is 0 Å². The number of hydrogen-bond donors (Lipinski definition) is 1. The number of amides is 1. The van der Waals surface area contributed by atoms with Crippen LogP contribution in [-0.4, -0.2) is 11.9 Å². The summed E-state index contributed by atoms with van der Waals surface area (Å²) in [6, 6.07) is 13.8. The number of nitrogens with zero attached hydrogens (tertiary/aromatic N) is 1. The van der Waals surface area contributed by atoms with Gasteiger partial charge < -0.3 is 10.6 Å². The second-order valence-electron chi connectivity index (χ2n) is 5.43. The van der Waals surface area contributed by atoms with Crippen LogP contribution in [-0.2, 0) is 6.42 Å². The Kier molecular flexibility index (Phi) is 2.97. The van der Waals surface area contributed by atoms with Gasteiger partial charge in [-0.3, -0.25) is 4.79 Å². The number of rotatable bonds is 1. The highest BCUT2D eigenvalue weighted by Gasteiger charge is 2.31. The predicted octanol–water partition coefficient (Wildman–Crippen LogP) is 3.17. The van der Waals surface area contributed by atoms with Crippen molar-refractivity contribution < 1.29 is 4.79 Å². The maximum absolute atomic E-state index is 12.8. The van der Waals surface area contributed by atoms with E-state index < -0.39 is 0 Å². The molecule has 1 aliphatic rings. The minimum Gasteiger partial charge on any atom is -0.399 e. The van der Waals surface area contributed by atoms with Crippen molar-refractivity contribution in [2.24, 2.45) is 0 Å². The first-order valence-corrected chi connectivity index (χ1v) is 6.85. The Bertz CT molecular complexity index is 678. The molecule has 0 saturated carbocycles. The van der Waals surface area contributed by atoms with E-state index in [1.54, 1.807) is 6.07 Å². The monoisotopic (exact) mass is 266 g/mol. The summed E-state index contributed by atoms with van der Waals surface area (Å²) in [5.41, 5.74) is 10.4. The fraction of sp³-hybridized carbons (Fsp3) is 0.235. The van der Waals surface area contributed by atoms with Gasteiger partial charge in [0, 0.05) is 23.0 Å². The Balaban J connectivity index is 2.03. The fourth-order valence-electron chi connectivity index (χ4n) is 2.93. The van der Waals surface area contributed by atoms with Crippen molar-refractivity contribution in [2.75, 3.05) is 10.6 Å². The number of carbonyl (C=O) groups excluding carboxylic acids is 1. The first-order chi connectivity index (χ1) is 9.58. The third kappa shape index (κ3) is 1.95. The van der Waals surface area contributed by atoms with Gasteiger partial charge in [-0.2, -0.15) is 0 Å². The van der Waals surface area contributed by atoms with E-state index in [-0.39, 0.29) is 11.9 Å². The van der Waals surface area contributed by atoms with Gasteiger partial charge in [-0.25, -0.2) is 0 Å². The fourth-order valence-corrected chi connectivity index (χ4v) is 2.93. The third-order valence-electron chi connectivity index (χ3n) is 3.91. The number of nitrogens with two attached hydrogens (primary N) is 1. The van der Waals surface area contributed by atoms with Gasteiger partial charge in [-0.15, -0.1) is 0 Å². The Labute approximate surface area is 119 Å². The van der Waals surface area contributed by atoms with Gasteiger partial charge in [-0.05, 0) is 55.7 Å². The number of nitrogen functional groups attached to an aromatic ring is 1.